The number of guanidine groups is 1. The summed E-state index contributed by atoms with van der Waals surface area (Å²) < 4.78 is 0. The molecule has 0 spiro atoms. The van der Waals surface area contributed by atoms with E-state index < -0.39 is 0 Å². The number of nitrogens with zero attached hydrogens (tertiary/aromatic N) is 2. The monoisotopic (exact) mass is 338 g/mol. The van der Waals surface area contributed by atoms with Gasteiger partial charge in [0, 0.05) is 45.4 Å². The van der Waals surface area contributed by atoms with Crippen molar-refractivity contribution in [1.82, 2.24) is 15.5 Å². The first kappa shape index (κ1) is 19.5. The van der Waals surface area contributed by atoms with Gasteiger partial charge in [0.15, 0.2) is 5.96 Å². The Labute approximate surface area is 148 Å². The van der Waals surface area contributed by atoms with Crippen LogP contribution in [0.15, 0.2) is 4.99 Å². The summed E-state index contributed by atoms with van der Waals surface area (Å²) in [6.45, 7) is 9.60. The van der Waals surface area contributed by atoms with Crippen LogP contribution < -0.4 is 10.6 Å². The maximum absolute atomic E-state index is 9.15. The molecule has 0 radical (unpaired) electrons. The lowest BCUT2D eigenvalue weighted by Gasteiger charge is -2.36. The van der Waals surface area contributed by atoms with Crippen LogP contribution in [0.3, 0.4) is 0 Å². The first-order valence-corrected chi connectivity index (χ1v) is 10.1. The van der Waals surface area contributed by atoms with Crippen LogP contribution in [0, 0.1) is 11.8 Å². The third-order valence-electron chi connectivity index (χ3n) is 5.39. The molecule has 3 N–H and O–H groups in total. The molecular weight excluding hydrogens is 300 g/mol. The molecule has 2 aliphatic rings. The highest BCUT2D eigenvalue weighted by Gasteiger charge is 2.23. The van der Waals surface area contributed by atoms with E-state index in [9.17, 15) is 0 Å². The molecule has 2 rings (SSSR count). The summed E-state index contributed by atoms with van der Waals surface area (Å²) in [5, 5.41) is 16.1. The number of hydrogen-bond donors (Lipinski definition) is 3. The Balaban J connectivity index is 1.71. The second kappa shape index (κ2) is 10.9. The van der Waals surface area contributed by atoms with E-state index in [0.717, 1.165) is 18.4 Å². The van der Waals surface area contributed by atoms with Gasteiger partial charge in [0.1, 0.15) is 0 Å². The Morgan fingerprint density at radius 1 is 1.17 bits per heavy atom. The van der Waals surface area contributed by atoms with E-state index >= 15 is 0 Å². The molecule has 5 heteroatoms. The second-order valence-electron chi connectivity index (χ2n) is 7.73. The lowest BCUT2D eigenvalue weighted by Crippen LogP contribution is -2.49. The van der Waals surface area contributed by atoms with Gasteiger partial charge >= 0.3 is 0 Å². The van der Waals surface area contributed by atoms with E-state index in [2.05, 4.69) is 27.4 Å². The van der Waals surface area contributed by atoms with Gasteiger partial charge in [-0.1, -0.05) is 26.2 Å². The normalized spacial score (nSPS) is 23.2. The van der Waals surface area contributed by atoms with Crippen LogP contribution in [0.5, 0.6) is 0 Å². The maximum Gasteiger partial charge on any atom is 0.191 e. The van der Waals surface area contributed by atoms with Crippen molar-refractivity contribution < 1.29 is 5.11 Å². The summed E-state index contributed by atoms with van der Waals surface area (Å²) in [6.07, 6.45) is 9.62. The first-order valence-electron chi connectivity index (χ1n) is 10.1. The fraction of sp³-hybridized carbons (Fsp3) is 0.947. The maximum atomic E-state index is 9.15. The van der Waals surface area contributed by atoms with E-state index in [1.54, 1.807) is 0 Å². The highest BCUT2D eigenvalue weighted by Crippen LogP contribution is 2.25. The van der Waals surface area contributed by atoms with Crippen LogP contribution in [0.2, 0.25) is 0 Å². The molecule has 0 aromatic carbocycles. The number of piperidine rings is 1. The van der Waals surface area contributed by atoms with Crippen molar-refractivity contribution in [2.75, 3.05) is 39.3 Å². The minimum Gasteiger partial charge on any atom is -0.396 e. The lowest BCUT2D eigenvalue weighted by atomic mass is 9.88. The van der Waals surface area contributed by atoms with Gasteiger partial charge in [-0.05, 0) is 44.4 Å². The van der Waals surface area contributed by atoms with Gasteiger partial charge in [-0.3, -0.25) is 4.99 Å². The molecule has 140 valence electrons. The van der Waals surface area contributed by atoms with Crippen molar-refractivity contribution in [1.29, 1.82) is 0 Å². The Morgan fingerprint density at radius 3 is 2.50 bits per heavy atom. The molecule has 1 saturated carbocycles. The third-order valence-corrected chi connectivity index (χ3v) is 5.39. The minimum atomic E-state index is 0.197. The topological polar surface area (TPSA) is 59.9 Å². The summed E-state index contributed by atoms with van der Waals surface area (Å²) in [5.41, 5.74) is 0. The van der Waals surface area contributed by atoms with Gasteiger partial charge in [-0.25, -0.2) is 0 Å². The van der Waals surface area contributed by atoms with Crippen molar-refractivity contribution in [3.63, 3.8) is 0 Å². The van der Waals surface area contributed by atoms with E-state index in [-0.39, 0.29) is 12.5 Å². The molecule has 1 heterocycles. The van der Waals surface area contributed by atoms with Crippen molar-refractivity contribution >= 4 is 5.96 Å². The largest absolute Gasteiger partial charge is 0.396 e. The van der Waals surface area contributed by atoms with Crippen molar-refractivity contribution in [2.24, 2.45) is 16.8 Å². The first-order chi connectivity index (χ1) is 11.7. The summed E-state index contributed by atoms with van der Waals surface area (Å²) in [6, 6.07) is 0.523. The molecule has 0 aromatic heterocycles. The number of hydrogen-bond acceptors (Lipinski definition) is 3. The lowest BCUT2D eigenvalue weighted by molar-refractivity contribution is 0.160. The zero-order chi connectivity index (χ0) is 17.2. The molecule has 0 aromatic rings. The number of aliphatic hydroxyl groups excluding tert-OH is 1. The average molecular weight is 339 g/mol. The van der Waals surface area contributed by atoms with E-state index in [1.165, 1.54) is 64.6 Å². The van der Waals surface area contributed by atoms with Gasteiger partial charge in [-0.2, -0.15) is 0 Å². The fourth-order valence-electron chi connectivity index (χ4n) is 3.81. The van der Waals surface area contributed by atoms with Crippen LogP contribution in [0.1, 0.15) is 58.8 Å². The summed E-state index contributed by atoms with van der Waals surface area (Å²) in [7, 11) is 0. The fourth-order valence-corrected chi connectivity index (χ4v) is 3.81. The molecule has 24 heavy (non-hydrogen) atoms. The molecule has 1 aliphatic carbocycles. The standard InChI is InChI=1S/C19H38N4O/c1-3-20-19(21-13-16(2)15-24)22-18-9-11-23(12-10-18)14-17-7-5-4-6-8-17/h16-18,24H,3-15H2,1-2H3,(H2,20,21,22). The molecule has 1 saturated heterocycles. The Kier molecular flexibility index (Phi) is 8.89. The molecule has 1 aliphatic heterocycles. The number of aliphatic hydroxyl groups is 1. The summed E-state index contributed by atoms with van der Waals surface area (Å²) >= 11 is 0. The Bertz CT molecular complexity index is 360. The number of nitrogens with one attached hydrogen (secondary N) is 2. The van der Waals surface area contributed by atoms with Crippen LogP contribution in [-0.2, 0) is 0 Å². The molecule has 2 fully saturated rings. The number of aliphatic imine (C=N–C) groups is 1. The highest BCUT2D eigenvalue weighted by molar-refractivity contribution is 5.80. The number of rotatable bonds is 7. The predicted molar refractivity (Wildman–Crippen MR) is 101 cm³/mol. The zero-order valence-electron chi connectivity index (χ0n) is 15.8. The van der Waals surface area contributed by atoms with Crippen molar-refractivity contribution in [3.05, 3.63) is 0 Å². The molecule has 0 bridgehead atoms. The van der Waals surface area contributed by atoms with E-state index in [1.807, 2.05) is 6.92 Å². The van der Waals surface area contributed by atoms with Gasteiger partial charge in [0.2, 0.25) is 0 Å². The van der Waals surface area contributed by atoms with Gasteiger partial charge in [0.25, 0.3) is 0 Å². The quantitative estimate of drug-likeness (QED) is 0.492. The minimum absolute atomic E-state index is 0.197. The molecule has 0 amide bonds. The summed E-state index contributed by atoms with van der Waals surface area (Å²) in [4.78, 5) is 7.28. The molecule has 5 nitrogen and oxygen atoms in total. The van der Waals surface area contributed by atoms with Crippen molar-refractivity contribution in [3.8, 4) is 0 Å². The van der Waals surface area contributed by atoms with Gasteiger partial charge in [-0.15, -0.1) is 0 Å². The van der Waals surface area contributed by atoms with Crippen LogP contribution in [0.4, 0.5) is 0 Å². The van der Waals surface area contributed by atoms with Gasteiger partial charge in [0.05, 0.1) is 0 Å². The Morgan fingerprint density at radius 2 is 1.88 bits per heavy atom. The van der Waals surface area contributed by atoms with Gasteiger partial charge < -0.3 is 20.6 Å². The summed E-state index contributed by atoms with van der Waals surface area (Å²) in [5.74, 6) is 2.07. The Hall–Kier alpha value is -0.810. The average Bonchev–Trinajstić information content (AvgIpc) is 2.62. The van der Waals surface area contributed by atoms with Crippen molar-refractivity contribution in [2.45, 2.75) is 64.8 Å². The smallest absolute Gasteiger partial charge is 0.191 e. The van der Waals surface area contributed by atoms with E-state index in [4.69, 9.17) is 5.11 Å². The molecule has 1 atom stereocenters. The van der Waals surface area contributed by atoms with E-state index in [0.29, 0.717) is 12.6 Å². The third kappa shape index (κ3) is 6.98. The van der Waals surface area contributed by atoms with Crippen LogP contribution in [0.25, 0.3) is 0 Å². The predicted octanol–water partition coefficient (Wildman–Crippen LogP) is 2.21. The molecule has 1 unspecified atom stereocenters. The molecular formula is C19H38N4O. The number of likely N-dealkylation sites (tertiary alicyclic amines) is 1. The van der Waals surface area contributed by atoms with Crippen LogP contribution in [-0.4, -0.2) is 61.3 Å². The second-order valence-corrected chi connectivity index (χ2v) is 7.73. The van der Waals surface area contributed by atoms with Crippen LogP contribution >= 0.6 is 0 Å². The highest BCUT2D eigenvalue weighted by atomic mass is 16.3. The zero-order valence-corrected chi connectivity index (χ0v) is 15.8. The SMILES string of the molecule is CCNC(=NCC(C)CO)NC1CCN(CC2CCCCC2)CC1.